The molecule has 1 atom stereocenters. The molecule has 0 aliphatic heterocycles. The predicted octanol–water partition coefficient (Wildman–Crippen LogP) is 6.47. The third-order valence-corrected chi connectivity index (χ3v) is 8.16. The molecule has 1 unspecified atom stereocenters. The third kappa shape index (κ3) is 5.97. The van der Waals surface area contributed by atoms with E-state index in [1.807, 2.05) is 54.6 Å². The zero-order valence-electron chi connectivity index (χ0n) is 23.6. The van der Waals surface area contributed by atoms with Gasteiger partial charge in [0, 0.05) is 34.5 Å². The Hall–Kier alpha value is -5.05. The second kappa shape index (κ2) is 12.1. The Bertz CT molecular complexity index is 1830. The van der Waals surface area contributed by atoms with Crippen LogP contribution in [0.5, 0.6) is 0 Å². The van der Waals surface area contributed by atoms with Crippen LogP contribution in [0.3, 0.4) is 0 Å². The van der Waals surface area contributed by atoms with E-state index in [4.69, 9.17) is 15.1 Å². The standard InChI is InChI=1S/C34H32N4O5/c39-31(40)18-16-28(34(42)43)37-33(41)24-13-17-30-29(20-24)36-32(38(30)25-9-5-2-6-10-25)23-12-15-27-22(19-23)11-14-26(35-27)21-7-3-1-4-8-21/h1,3-4,7-8,11-15,17,19-20,25,28H,2,5-6,9-10,16,18H2,(H,37,41)(H,39,40)(H,42,43). The molecule has 1 aliphatic rings. The number of hydrogen-bond acceptors (Lipinski definition) is 5. The summed E-state index contributed by atoms with van der Waals surface area (Å²) in [4.78, 5) is 45.5. The number of rotatable bonds is 9. The molecule has 1 aliphatic carbocycles. The average molecular weight is 577 g/mol. The molecule has 0 bridgehead atoms. The Morgan fingerprint density at radius 1 is 0.837 bits per heavy atom. The minimum Gasteiger partial charge on any atom is -0.481 e. The predicted molar refractivity (Wildman–Crippen MR) is 164 cm³/mol. The Kier molecular flexibility index (Phi) is 7.87. The summed E-state index contributed by atoms with van der Waals surface area (Å²) in [7, 11) is 0. The lowest BCUT2D eigenvalue weighted by atomic mass is 9.94. The first-order valence-corrected chi connectivity index (χ1v) is 14.6. The summed E-state index contributed by atoms with van der Waals surface area (Å²) in [6.45, 7) is 0. The van der Waals surface area contributed by atoms with Crippen LogP contribution < -0.4 is 5.32 Å². The molecule has 9 heteroatoms. The Labute approximate surface area is 248 Å². The average Bonchev–Trinajstić information content (AvgIpc) is 3.42. The fourth-order valence-electron chi connectivity index (χ4n) is 5.95. The Morgan fingerprint density at radius 3 is 2.37 bits per heavy atom. The normalized spacial score (nSPS) is 14.5. The summed E-state index contributed by atoms with van der Waals surface area (Å²) in [5.74, 6) is -2.16. The monoisotopic (exact) mass is 576 g/mol. The van der Waals surface area contributed by atoms with Crippen LogP contribution in [0.1, 0.15) is 61.3 Å². The van der Waals surface area contributed by atoms with Crippen molar-refractivity contribution >= 4 is 39.8 Å². The summed E-state index contributed by atoms with van der Waals surface area (Å²) in [6.07, 6.45) is 5.01. The first kappa shape index (κ1) is 28.1. The van der Waals surface area contributed by atoms with Crippen LogP contribution in [-0.4, -0.2) is 48.6 Å². The molecule has 2 aromatic heterocycles. The van der Waals surface area contributed by atoms with Crippen molar-refractivity contribution in [2.45, 2.75) is 57.0 Å². The van der Waals surface area contributed by atoms with Gasteiger partial charge in [-0.1, -0.05) is 55.7 Å². The number of hydrogen-bond donors (Lipinski definition) is 3. The van der Waals surface area contributed by atoms with E-state index in [1.54, 1.807) is 12.1 Å². The largest absolute Gasteiger partial charge is 0.481 e. The molecule has 9 nitrogen and oxygen atoms in total. The van der Waals surface area contributed by atoms with Gasteiger partial charge in [-0.2, -0.15) is 0 Å². The molecule has 3 N–H and O–H groups in total. The Balaban J connectivity index is 1.37. The highest BCUT2D eigenvalue weighted by Crippen LogP contribution is 2.37. The van der Waals surface area contributed by atoms with E-state index < -0.39 is 23.9 Å². The van der Waals surface area contributed by atoms with Crippen LogP contribution in [-0.2, 0) is 9.59 Å². The van der Waals surface area contributed by atoms with Gasteiger partial charge in [-0.25, -0.2) is 14.8 Å². The number of aliphatic carboxylic acids is 2. The number of imidazole rings is 1. The molecule has 1 fully saturated rings. The van der Waals surface area contributed by atoms with E-state index in [0.29, 0.717) is 5.52 Å². The maximum Gasteiger partial charge on any atom is 0.326 e. The van der Waals surface area contributed by atoms with Gasteiger partial charge >= 0.3 is 11.9 Å². The summed E-state index contributed by atoms with van der Waals surface area (Å²) >= 11 is 0. The highest BCUT2D eigenvalue weighted by atomic mass is 16.4. The second-order valence-electron chi connectivity index (χ2n) is 11.1. The van der Waals surface area contributed by atoms with Crippen molar-refractivity contribution in [2.75, 3.05) is 0 Å². The number of aromatic nitrogens is 3. The molecule has 43 heavy (non-hydrogen) atoms. The number of amides is 1. The van der Waals surface area contributed by atoms with E-state index >= 15 is 0 Å². The smallest absolute Gasteiger partial charge is 0.326 e. The zero-order chi connectivity index (χ0) is 29.9. The van der Waals surface area contributed by atoms with Gasteiger partial charge in [-0.05, 0) is 61.7 Å². The van der Waals surface area contributed by atoms with Gasteiger partial charge in [0.1, 0.15) is 11.9 Å². The summed E-state index contributed by atoms with van der Waals surface area (Å²) in [5, 5.41) is 21.9. The lowest BCUT2D eigenvalue weighted by molar-refractivity contribution is -0.140. The van der Waals surface area contributed by atoms with Gasteiger partial charge in [-0.3, -0.25) is 9.59 Å². The van der Waals surface area contributed by atoms with Crippen LogP contribution in [0.15, 0.2) is 78.9 Å². The van der Waals surface area contributed by atoms with Crippen molar-refractivity contribution in [1.82, 2.24) is 19.9 Å². The minimum atomic E-state index is -1.30. The van der Waals surface area contributed by atoms with Crippen LogP contribution in [0, 0.1) is 0 Å². The molecule has 0 saturated heterocycles. The first-order chi connectivity index (χ1) is 20.9. The number of carboxylic acid groups (broad SMARTS) is 2. The molecule has 1 amide bonds. The second-order valence-corrected chi connectivity index (χ2v) is 11.1. The van der Waals surface area contributed by atoms with Crippen molar-refractivity contribution in [3.8, 4) is 22.6 Å². The number of benzene rings is 3. The van der Waals surface area contributed by atoms with Crippen LogP contribution in [0.4, 0.5) is 0 Å². The quantitative estimate of drug-likeness (QED) is 0.183. The number of pyridine rings is 1. The lowest BCUT2D eigenvalue weighted by Crippen LogP contribution is -2.41. The highest BCUT2D eigenvalue weighted by molar-refractivity contribution is 6.00. The highest BCUT2D eigenvalue weighted by Gasteiger charge is 2.25. The fraction of sp³-hybridized carbons (Fsp3) is 0.265. The van der Waals surface area contributed by atoms with E-state index in [1.165, 1.54) is 6.42 Å². The molecule has 1 saturated carbocycles. The van der Waals surface area contributed by atoms with Crippen molar-refractivity contribution < 1.29 is 24.6 Å². The number of carbonyl (C=O) groups is 3. The fourth-order valence-corrected chi connectivity index (χ4v) is 5.95. The van der Waals surface area contributed by atoms with Gasteiger partial charge in [0.15, 0.2) is 0 Å². The van der Waals surface area contributed by atoms with Gasteiger partial charge in [-0.15, -0.1) is 0 Å². The Morgan fingerprint density at radius 2 is 1.63 bits per heavy atom. The summed E-state index contributed by atoms with van der Waals surface area (Å²) < 4.78 is 2.29. The van der Waals surface area contributed by atoms with Crippen LogP contribution in [0.25, 0.3) is 44.6 Å². The van der Waals surface area contributed by atoms with Crippen LogP contribution >= 0.6 is 0 Å². The number of carboxylic acids is 2. The molecule has 0 radical (unpaired) electrons. The number of nitrogens with one attached hydrogen (secondary N) is 1. The van der Waals surface area contributed by atoms with E-state index in [9.17, 15) is 19.5 Å². The van der Waals surface area contributed by atoms with Crippen molar-refractivity contribution in [2.24, 2.45) is 0 Å². The van der Waals surface area contributed by atoms with Crippen LogP contribution in [0.2, 0.25) is 0 Å². The zero-order valence-corrected chi connectivity index (χ0v) is 23.6. The minimum absolute atomic E-state index is 0.206. The third-order valence-electron chi connectivity index (χ3n) is 8.16. The van der Waals surface area contributed by atoms with Gasteiger partial charge in [0.25, 0.3) is 5.91 Å². The number of fused-ring (bicyclic) bond motifs is 2. The topological polar surface area (TPSA) is 134 Å². The SMILES string of the molecule is O=C(O)CCC(NC(=O)c1ccc2c(c1)nc(-c1ccc3nc(-c4ccccc4)ccc3c1)n2C1CCCCC1)C(=O)O. The van der Waals surface area contributed by atoms with E-state index in [0.717, 1.165) is 64.7 Å². The number of carbonyl (C=O) groups excluding carboxylic acids is 1. The van der Waals surface area contributed by atoms with Gasteiger partial charge in [0.05, 0.1) is 22.2 Å². The molecular weight excluding hydrogens is 544 g/mol. The molecule has 6 rings (SSSR count). The molecule has 5 aromatic rings. The maximum absolute atomic E-state index is 13.0. The van der Waals surface area contributed by atoms with E-state index in [2.05, 4.69) is 22.0 Å². The molecule has 2 heterocycles. The molecule has 3 aromatic carbocycles. The first-order valence-electron chi connectivity index (χ1n) is 14.6. The van der Waals surface area contributed by atoms with Gasteiger partial charge < -0.3 is 20.1 Å². The molecular formula is C34H32N4O5. The molecule has 0 spiro atoms. The number of nitrogens with zero attached hydrogens (tertiary/aromatic N) is 3. The van der Waals surface area contributed by atoms with Crippen molar-refractivity contribution in [1.29, 1.82) is 0 Å². The molecule has 218 valence electrons. The lowest BCUT2D eigenvalue weighted by Gasteiger charge is -2.25. The maximum atomic E-state index is 13.0. The summed E-state index contributed by atoms with van der Waals surface area (Å²) in [6, 6.07) is 24.5. The van der Waals surface area contributed by atoms with Crippen molar-refractivity contribution in [3.63, 3.8) is 0 Å². The summed E-state index contributed by atoms with van der Waals surface area (Å²) in [5.41, 5.74) is 5.64. The van der Waals surface area contributed by atoms with E-state index in [-0.39, 0.29) is 24.4 Å². The van der Waals surface area contributed by atoms with Gasteiger partial charge in [0.2, 0.25) is 0 Å². The van der Waals surface area contributed by atoms with Crippen molar-refractivity contribution in [3.05, 3.63) is 84.4 Å².